The lowest BCUT2D eigenvalue weighted by Gasteiger charge is -2.35. The molecule has 1 aliphatic rings. The number of benzene rings is 2. The molecule has 9 heteroatoms. The molecule has 3 rings (SSSR count). The summed E-state index contributed by atoms with van der Waals surface area (Å²) in [6, 6.07) is 10.0. The number of nitro benzene ring substituents is 1. The molecule has 1 fully saturated rings. The Kier molecular flexibility index (Phi) is 7.05. The van der Waals surface area contributed by atoms with Gasteiger partial charge in [-0.3, -0.25) is 19.7 Å². The quantitative estimate of drug-likeness (QED) is 0.393. The highest BCUT2D eigenvalue weighted by molar-refractivity contribution is 5.96. The molecule has 8 nitrogen and oxygen atoms in total. The normalized spacial score (nSPS) is 13.4. The van der Waals surface area contributed by atoms with Gasteiger partial charge in [0.1, 0.15) is 11.5 Å². The minimum atomic E-state index is -0.519. The van der Waals surface area contributed by atoms with Gasteiger partial charge in [-0.2, -0.15) is 0 Å². The van der Waals surface area contributed by atoms with E-state index in [1.165, 1.54) is 36.1 Å². The number of amides is 2. The van der Waals surface area contributed by atoms with Crippen LogP contribution in [0.5, 0.6) is 0 Å². The van der Waals surface area contributed by atoms with Crippen molar-refractivity contribution in [1.82, 2.24) is 9.80 Å². The average molecular weight is 438 g/mol. The van der Waals surface area contributed by atoms with Crippen LogP contribution in [0.2, 0.25) is 0 Å². The number of hydrogen-bond donors (Lipinski definition) is 0. The van der Waals surface area contributed by atoms with Gasteiger partial charge in [-0.15, -0.1) is 6.42 Å². The maximum absolute atomic E-state index is 13.2. The number of piperazine rings is 1. The maximum Gasteiger partial charge on any atom is 0.293 e. The van der Waals surface area contributed by atoms with Crippen LogP contribution in [-0.2, 0) is 11.3 Å². The van der Waals surface area contributed by atoms with Crippen molar-refractivity contribution in [2.24, 2.45) is 0 Å². The summed E-state index contributed by atoms with van der Waals surface area (Å²) in [6.45, 7) is 3.50. The Balaban J connectivity index is 1.83. The summed E-state index contributed by atoms with van der Waals surface area (Å²) in [4.78, 5) is 40.7. The number of anilines is 1. The molecule has 0 atom stereocenters. The molecule has 0 unspecified atom stereocenters. The first-order valence-corrected chi connectivity index (χ1v) is 10.1. The Morgan fingerprint density at radius 1 is 1.16 bits per heavy atom. The van der Waals surface area contributed by atoms with Gasteiger partial charge in [0.25, 0.3) is 11.6 Å². The van der Waals surface area contributed by atoms with Crippen molar-refractivity contribution in [2.45, 2.75) is 13.5 Å². The number of nitro groups is 1. The topological polar surface area (TPSA) is 87.0 Å². The molecule has 2 amide bonds. The molecule has 32 heavy (non-hydrogen) atoms. The van der Waals surface area contributed by atoms with E-state index in [0.717, 1.165) is 0 Å². The maximum atomic E-state index is 13.2. The third-order valence-electron chi connectivity index (χ3n) is 5.34. The van der Waals surface area contributed by atoms with Crippen LogP contribution in [0, 0.1) is 28.3 Å². The fraction of sp³-hybridized carbons (Fsp3) is 0.304. The molecule has 0 radical (unpaired) electrons. The van der Waals surface area contributed by atoms with E-state index in [4.69, 9.17) is 6.42 Å². The number of carbonyl (C=O) groups excluding carboxylic acids is 2. The number of terminal acetylenes is 1. The molecular formula is C23H23FN4O4. The van der Waals surface area contributed by atoms with Gasteiger partial charge in [-0.1, -0.05) is 18.1 Å². The van der Waals surface area contributed by atoms with Gasteiger partial charge >= 0.3 is 0 Å². The number of hydrogen-bond acceptors (Lipinski definition) is 5. The van der Waals surface area contributed by atoms with E-state index in [0.29, 0.717) is 37.4 Å². The van der Waals surface area contributed by atoms with Crippen LogP contribution >= 0.6 is 0 Å². The Morgan fingerprint density at radius 2 is 1.81 bits per heavy atom. The van der Waals surface area contributed by atoms with E-state index < -0.39 is 10.8 Å². The number of nitrogens with zero attached hydrogens (tertiary/aromatic N) is 4. The van der Waals surface area contributed by atoms with Gasteiger partial charge < -0.3 is 14.7 Å². The lowest BCUT2D eigenvalue weighted by atomic mass is 10.1. The van der Waals surface area contributed by atoms with Crippen molar-refractivity contribution in [1.29, 1.82) is 0 Å². The zero-order valence-electron chi connectivity index (χ0n) is 17.7. The average Bonchev–Trinajstić information content (AvgIpc) is 2.79. The monoisotopic (exact) mass is 438 g/mol. The molecule has 0 N–H and O–H groups in total. The lowest BCUT2D eigenvalue weighted by Crippen LogP contribution is -2.48. The number of halogens is 1. The largest absolute Gasteiger partial charge is 0.362 e. The summed E-state index contributed by atoms with van der Waals surface area (Å²) < 4.78 is 13.2. The molecule has 2 aromatic rings. The molecular weight excluding hydrogens is 415 g/mol. The van der Waals surface area contributed by atoms with Crippen molar-refractivity contribution in [3.63, 3.8) is 0 Å². The Labute approximate surface area is 185 Å². The molecule has 1 aliphatic heterocycles. The molecule has 0 spiro atoms. The van der Waals surface area contributed by atoms with Crippen LogP contribution in [0.4, 0.5) is 15.8 Å². The molecule has 0 aromatic heterocycles. The summed E-state index contributed by atoms with van der Waals surface area (Å²) in [7, 11) is 0. The minimum Gasteiger partial charge on any atom is -0.362 e. The van der Waals surface area contributed by atoms with E-state index in [1.54, 1.807) is 23.1 Å². The van der Waals surface area contributed by atoms with E-state index in [2.05, 4.69) is 5.92 Å². The van der Waals surface area contributed by atoms with Crippen LogP contribution in [0.1, 0.15) is 22.8 Å². The van der Waals surface area contributed by atoms with Gasteiger partial charge in [0.15, 0.2) is 0 Å². The molecule has 0 saturated carbocycles. The molecule has 166 valence electrons. The van der Waals surface area contributed by atoms with Crippen molar-refractivity contribution >= 4 is 23.2 Å². The van der Waals surface area contributed by atoms with Crippen LogP contribution in [-0.4, -0.2) is 59.3 Å². The minimum absolute atomic E-state index is 0.00123. The SMILES string of the molecule is C#CCN(Cc1ccc(F)cc1)C(=O)c1ccc(N2CCN(C(C)=O)CC2)c([N+](=O)[O-])c1. The second kappa shape index (κ2) is 9.92. The second-order valence-corrected chi connectivity index (χ2v) is 7.45. The van der Waals surface area contributed by atoms with Crippen LogP contribution in [0.15, 0.2) is 42.5 Å². The molecule has 1 saturated heterocycles. The highest BCUT2D eigenvalue weighted by atomic mass is 19.1. The molecule has 0 aliphatic carbocycles. The van der Waals surface area contributed by atoms with Gasteiger partial charge in [0, 0.05) is 51.3 Å². The Hall–Kier alpha value is -3.93. The number of rotatable bonds is 6. The third kappa shape index (κ3) is 5.21. The predicted octanol–water partition coefficient (Wildman–Crippen LogP) is 2.68. The summed E-state index contributed by atoms with van der Waals surface area (Å²) >= 11 is 0. The summed E-state index contributed by atoms with van der Waals surface area (Å²) in [5, 5.41) is 11.8. The fourth-order valence-electron chi connectivity index (χ4n) is 3.63. The molecule has 0 bridgehead atoms. The molecule has 2 aromatic carbocycles. The number of carbonyl (C=O) groups is 2. The Morgan fingerprint density at radius 3 is 2.38 bits per heavy atom. The summed E-state index contributed by atoms with van der Waals surface area (Å²) in [5.41, 5.74) is 1.04. The van der Waals surface area contributed by atoms with Gasteiger partial charge in [-0.05, 0) is 29.8 Å². The van der Waals surface area contributed by atoms with Crippen molar-refractivity contribution in [3.05, 3.63) is 69.5 Å². The highest BCUT2D eigenvalue weighted by Gasteiger charge is 2.27. The van der Waals surface area contributed by atoms with Crippen molar-refractivity contribution in [3.8, 4) is 12.3 Å². The van der Waals surface area contributed by atoms with Crippen molar-refractivity contribution < 1.29 is 18.9 Å². The van der Waals surface area contributed by atoms with Gasteiger partial charge in [-0.25, -0.2) is 4.39 Å². The third-order valence-corrected chi connectivity index (χ3v) is 5.34. The standard InChI is InChI=1S/C23H23FN4O4/c1-3-10-27(16-18-4-7-20(24)8-5-18)23(30)19-6-9-21(22(15-19)28(31)32)26-13-11-25(12-14-26)17(2)29/h1,4-9,15H,10-14,16H2,2H3. The van der Waals surface area contributed by atoms with Gasteiger partial charge in [0.05, 0.1) is 11.5 Å². The zero-order chi connectivity index (χ0) is 23.3. The summed E-state index contributed by atoms with van der Waals surface area (Å²) in [5.74, 6) is 1.54. The van der Waals surface area contributed by atoms with Crippen molar-refractivity contribution in [2.75, 3.05) is 37.6 Å². The van der Waals surface area contributed by atoms with E-state index in [9.17, 15) is 24.1 Å². The van der Waals surface area contributed by atoms with Gasteiger partial charge in [0.2, 0.25) is 5.91 Å². The first-order valence-electron chi connectivity index (χ1n) is 10.1. The first-order chi connectivity index (χ1) is 15.3. The fourth-order valence-corrected chi connectivity index (χ4v) is 3.63. The second-order valence-electron chi connectivity index (χ2n) is 7.45. The van der Waals surface area contributed by atoms with E-state index >= 15 is 0 Å². The van der Waals surface area contributed by atoms with Crippen LogP contribution < -0.4 is 4.90 Å². The predicted molar refractivity (Wildman–Crippen MR) is 118 cm³/mol. The van der Waals surface area contributed by atoms with Crippen LogP contribution in [0.25, 0.3) is 0 Å². The zero-order valence-corrected chi connectivity index (χ0v) is 17.7. The van der Waals surface area contributed by atoms with E-state index in [-0.39, 0.29) is 36.1 Å². The smallest absolute Gasteiger partial charge is 0.293 e. The highest BCUT2D eigenvalue weighted by Crippen LogP contribution is 2.30. The molecule has 1 heterocycles. The van der Waals surface area contributed by atoms with Crippen LogP contribution in [0.3, 0.4) is 0 Å². The van der Waals surface area contributed by atoms with E-state index in [1.807, 2.05) is 4.90 Å². The lowest BCUT2D eigenvalue weighted by molar-refractivity contribution is -0.384. The summed E-state index contributed by atoms with van der Waals surface area (Å²) in [6.07, 6.45) is 5.41. The first kappa shape index (κ1) is 22.7. The Bertz CT molecular complexity index is 1060.